The lowest BCUT2D eigenvalue weighted by Crippen LogP contribution is -2.38. The number of hydrogen-bond acceptors (Lipinski definition) is 3. The van der Waals surface area contributed by atoms with Crippen LogP contribution in [0.2, 0.25) is 0 Å². The molecular weight excluding hydrogens is 168 g/mol. The van der Waals surface area contributed by atoms with Crippen LogP contribution in [0.1, 0.15) is 31.5 Å². The molecule has 0 radical (unpaired) electrons. The van der Waals surface area contributed by atoms with Crippen LogP contribution in [0.15, 0.2) is 4.79 Å². The SMILES string of the molecule is CC1NCCCC1c1n[nH]c(=O)[nH]1. The van der Waals surface area contributed by atoms with Crippen LogP contribution < -0.4 is 11.0 Å². The summed E-state index contributed by atoms with van der Waals surface area (Å²) < 4.78 is 0. The Hall–Kier alpha value is -1.10. The molecule has 0 bridgehead atoms. The highest BCUT2D eigenvalue weighted by atomic mass is 16.1. The highest BCUT2D eigenvalue weighted by molar-refractivity contribution is 5.00. The summed E-state index contributed by atoms with van der Waals surface area (Å²) in [6.45, 7) is 3.18. The zero-order valence-corrected chi connectivity index (χ0v) is 7.63. The van der Waals surface area contributed by atoms with Gasteiger partial charge in [-0.3, -0.25) is 4.98 Å². The van der Waals surface area contributed by atoms with Gasteiger partial charge in [0.05, 0.1) is 0 Å². The lowest BCUT2D eigenvalue weighted by Gasteiger charge is -2.27. The lowest BCUT2D eigenvalue weighted by atomic mass is 9.91. The second-order valence-electron chi connectivity index (χ2n) is 3.55. The fourth-order valence-electron chi connectivity index (χ4n) is 1.88. The third-order valence-corrected chi connectivity index (χ3v) is 2.63. The number of piperidine rings is 1. The second kappa shape index (κ2) is 3.33. The first-order valence-electron chi connectivity index (χ1n) is 4.65. The van der Waals surface area contributed by atoms with Crippen LogP contribution in [0.4, 0.5) is 0 Å². The van der Waals surface area contributed by atoms with Crippen LogP contribution in [0, 0.1) is 0 Å². The first kappa shape index (κ1) is 8.50. The lowest BCUT2D eigenvalue weighted by molar-refractivity contribution is 0.360. The molecule has 72 valence electrons. The van der Waals surface area contributed by atoms with E-state index in [2.05, 4.69) is 27.4 Å². The molecule has 0 aromatic carbocycles. The van der Waals surface area contributed by atoms with Crippen LogP contribution in [0.3, 0.4) is 0 Å². The molecule has 1 saturated heterocycles. The second-order valence-corrected chi connectivity index (χ2v) is 3.55. The molecule has 0 saturated carbocycles. The van der Waals surface area contributed by atoms with Crippen molar-refractivity contribution in [3.05, 3.63) is 16.3 Å². The van der Waals surface area contributed by atoms with E-state index in [-0.39, 0.29) is 5.69 Å². The van der Waals surface area contributed by atoms with Gasteiger partial charge >= 0.3 is 5.69 Å². The monoisotopic (exact) mass is 182 g/mol. The number of rotatable bonds is 1. The Balaban J connectivity index is 2.19. The van der Waals surface area contributed by atoms with Crippen molar-refractivity contribution >= 4 is 0 Å². The number of aromatic amines is 2. The normalized spacial score (nSPS) is 29.0. The predicted octanol–water partition coefficient (Wildman–Crippen LogP) is -0.0465. The van der Waals surface area contributed by atoms with Crippen LogP contribution in [0.5, 0.6) is 0 Å². The smallest absolute Gasteiger partial charge is 0.314 e. The molecule has 1 aliphatic rings. The summed E-state index contributed by atoms with van der Waals surface area (Å²) in [5.74, 6) is 1.12. The predicted molar refractivity (Wildman–Crippen MR) is 48.6 cm³/mol. The van der Waals surface area contributed by atoms with Crippen molar-refractivity contribution < 1.29 is 0 Å². The van der Waals surface area contributed by atoms with E-state index in [0.29, 0.717) is 12.0 Å². The zero-order chi connectivity index (χ0) is 9.26. The fraction of sp³-hybridized carbons (Fsp3) is 0.750. The Labute approximate surface area is 75.9 Å². The van der Waals surface area contributed by atoms with Crippen molar-refractivity contribution in [2.45, 2.75) is 31.7 Å². The Morgan fingerprint density at radius 1 is 1.54 bits per heavy atom. The number of nitrogens with zero attached hydrogens (tertiary/aromatic N) is 1. The third kappa shape index (κ3) is 1.65. The van der Waals surface area contributed by atoms with E-state index in [1.165, 1.54) is 0 Å². The summed E-state index contributed by atoms with van der Waals surface area (Å²) in [6, 6.07) is 0.396. The summed E-state index contributed by atoms with van der Waals surface area (Å²) >= 11 is 0. The minimum atomic E-state index is -0.215. The van der Waals surface area contributed by atoms with Gasteiger partial charge in [-0.1, -0.05) is 0 Å². The van der Waals surface area contributed by atoms with Gasteiger partial charge < -0.3 is 5.32 Å². The Bertz CT molecular complexity index is 329. The molecule has 5 nitrogen and oxygen atoms in total. The zero-order valence-electron chi connectivity index (χ0n) is 7.63. The van der Waals surface area contributed by atoms with Gasteiger partial charge in [0, 0.05) is 12.0 Å². The molecule has 1 aromatic rings. The molecule has 2 rings (SSSR count). The van der Waals surface area contributed by atoms with Gasteiger partial charge in [-0.05, 0) is 26.3 Å². The minimum Gasteiger partial charge on any atom is -0.314 e. The maximum absolute atomic E-state index is 10.8. The average Bonchev–Trinajstić information content (AvgIpc) is 2.53. The first-order chi connectivity index (χ1) is 6.27. The molecule has 1 fully saturated rings. The van der Waals surface area contributed by atoms with Gasteiger partial charge in [0.25, 0.3) is 0 Å². The van der Waals surface area contributed by atoms with Crippen molar-refractivity contribution in [3.8, 4) is 0 Å². The van der Waals surface area contributed by atoms with Crippen LogP contribution >= 0.6 is 0 Å². The largest absolute Gasteiger partial charge is 0.340 e. The van der Waals surface area contributed by atoms with Gasteiger partial charge in [-0.15, -0.1) is 0 Å². The topological polar surface area (TPSA) is 73.6 Å². The molecule has 1 aliphatic heterocycles. The Kier molecular flexibility index (Phi) is 2.18. The molecule has 2 heterocycles. The fourth-order valence-corrected chi connectivity index (χ4v) is 1.88. The summed E-state index contributed by atoms with van der Waals surface area (Å²) in [5, 5.41) is 9.72. The van der Waals surface area contributed by atoms with E-state index < -0.39 is 0 Å². The van der Waals surface area contributed by atoms with Gasteiger partial charge in [0.2, 0.25) is 0 Å². The van der Waals surface area contributed by atoms with Crippen molar-refractivity contribution in [1.29, 1.82) is 0 Å². The van der Waals surface area contributed by atoms with E-state index in [1.807, 2.05) is 0 Å². The summed E-state index contributed by atoms with van der Waals surface area (Å²) in [4.78, 5) is 13.6. The molecule has 2 atom stereocenters. The van der Waals surface area contributed by atoms with Crippen molar-refractivity contribution in [2.75, 3.05) is 6.54 Å². The number of hydrogen-bond donors (Lipinski definition) is 3. The first-order valence-corrected chi connectivity index (χ1v) is 4.65. The highest BCUT2D eigenvalue weighted by Crippen LogP contribution is 2.23. The Morgan fingerprint density at radius 3 is 3.00 bits per heavy atom. The van der Waals surface area contributed by atoms with E-state index in [1.54, 1.807) is 0 Å². The molecule has 13 heavy (non-hydrogen) atoms. The third-order valence-electron chi connectivity index (χ3n) is 2.63. The summed E-state index contributed by atoms with van der Waals surface area (Å²) in [7, 11) is 0. The van der Waals surface area contributed by atoms with Gasteiger partial charge in [0.15, 0.2) is 0 Å². The highest BCUT2D eigenvalue weighted by Gasteiger charge is 2.24. The molecule has 0 amide bonds. The van der Waals surface area contributed by atoms with Gasteiger partial charge in [-0.2, -0.15) is 5.10 Å². The van der Waals surface area contributed by atoms with Gasteiger partial charge in [-0.25, -0.2) is 9.89 Å². The van der Waals surface area contributed by atoms with Crippen molar-refractivity contribution in [1.82, 2.24) is 20.5 Å². The van der Waals surface area contributed by atoms with Crippen molar-refractivity contribution in [2.24, 2.45) is 0 Å². The Morgan fingerprint density at radius 2 is 2.38 bits per heavy atom. The summed E-state index contributed by atoms with van der Waals surface area (Å²) in [6.07, 6.45) is 2.23. The van der Waals surface area contributed by atoms with Crippen molar-refractivity contribution in [3.63, 3.8) is 0 Å². The van der Waals surface area contributed by atoms with E-state index in [9.17, 15) is 4.79 Å². The van der Waals surface area contributed by atoms with E-state index >= 15 is 0 Å². The molecular formula is C8H14N4O. The van der Waals surface area contributed by atoms with Gasteiger partial charge in [0.1, 0.15) is 5.82 Å². The average molecular weight is 182 g/mol. The van der Waals surface area contributed by atoms with Crippen LogP contribution in [-0.2, 0) is 0 Å². The van der Waals surface area contributed by atoms with Crippen LogP contribution in [0.25, 0.3) is 0 Å². The summed E-state index contributed by atoms with van der Waals surface area (Å²) in [5.41, 5.74) is -0.215. The van der Waals surface area contributed by atoms with E-state index in [4.69, 9.17) is 0 Å². The number of aromatic nitrogens is 3. The molecule has 0 aliphatic carbocycles. The molecule has 3 N–H and O–H groups in total. The maximum atomic E-state index is 10.8. The molecule has 1 aromatic heterocycles. The quantitative estimate of drug-likeness (QED) is 0.570. The molecule has 0 spiro atoms. The van der Waals surface area contributed by atoms with Crippen LogP contribution in [-0.4, -0.2) is 27.8 Å². The number of H-pyrrole nitrogens is 2. The number of nitrogens with one attached hydrogen (secondary N) is 3. The van der Waals surface area contributed by atoms with E-state index in [0.717, 1.165) is 25.2 Å². The molecule has 2 unspecified atom stereocenters. The molecule has 5 heteroatoms. The maximum Gasteiger partial charge on any atom is 0.340 e. The minimum absolute atomic E-state index is 0.215. The standard InChI is InChI=1S/C8H14N4O/c1-5-6(3-2-4-9-5)7-10-8(13)12-11-7/h5-6,9H,2-4H2,1H3,(H2,10,11,12,13).